The number of hydrogen-bond acceptors (Lipinski definition) is 5. The monoisotopic (exact) mass is 450 g/mol. The first-order valence-electron chi connectivity index (χ1n) is 11.9. The van der Waals surface area contributed by atoms with Gasteiger partial charge in [0, 0.05) is 33.4 Å². The standard InChI is InChI=1S/C27H34N4O2.2H2/c1-17(2)24(32)27(33)28-16-20-11-13-31(14-12-20)26-22-10-9-18(3)15-23(22)29-25(30-26)21-8-6-5-7-19(21)4;;/h5-10,15,17,20,24,32H,11-14,16H2,1-4H3,(H,28,33);2*1H/t24-;;/m1../s1. The Balaban J connectivity index is 0.00000216. The predicted octanol–water partition coefficient (Wildman–Crippen LogP) is 4.76. The van der Waals surface area contributed by atoms with Gasteiger partial charge in [-0.3, -0.25) is 4.79 Å². The number of rotatable bonds is 6. The molecule has 0 unspecified atom stereocenters. The number of carbonyl (C=O) groups is 1. The number of aliphatic hydroxyl groups excluding tert-OH is 1. The molecule has 0 spiro atoms. The first kappa shape index (κ1) is 23.2. The van der Waals surface area contributed by atoms with E-state index in [4.69, 9.17) is 9.97 Å². The molecule has 1 aliphatic heterocycles. The summed E-state index contributed by atoms with van der Waals surface area (Å²) in [5.41, 5.74) is 4.37. The zero-order valence-electron chi connectivity index (χ0n) is 20.0. The van der Waals surface area contributed by atoms with Crippen LogP contribution in [0.3, 0.4) is 0 Å². The number of carbonyl (C=O) groups excluding carboxylic acids is 1. The molecule has 1 aliphatic rings. The van der Waals surface area contributed by atoms with Gasteiger partial charge in [0.1, 0.15) is 11.9 Å². The summed E-state index contributed by atoms with van der Waals surface area (Å²) in [6, 6.07) is 14.6. The number of aryl methyl sites for hydroxylation is 2. The lowest BCUT2D eigenvalue weighted by Gasteiger charge is -2.34. The van der Waals surface area contributed by atoms with Gasteiger partial charge in [0.05, 0.1) is 5.52 Å². The summed E-state index contributed by atoms with van der Waals surface area (Å²) in [4.78, 5) is 24.4. The summed E-state index contributed by atoms with van der Waals surface area (Å²) in [7, 11) is 0. The molecule has 0 saturated carbocycles. The highest BCUT2D eigenvalue weighted by Gasteiger charge is 2.25. The Labute approximate surface area is 199 Å². The van der Waals surface area contributed by atoms with E-state index < -0.39 is 6.10 Å². The molecule has 2 heterocycles. The minimum Gasteiger partial charge on any atom is -0.383 e. The predicted molar refractivity (Wildman–Crippen MR) is 137 cm³/mol. The van der Waals surface area contributed by atoms with Gasteiger partial charge in [-0.2, -0.15) is 0 Å². The molecule has 0 bridgehead atoms. The van der Waals surface area contributed by atoms with Crippen LogP contribution in [0.4, 0.5) is 5.82 Å². The van der Waals surface area contributed by atoms with Gasteiger partial charge in [-0.15, -0.1) is 0 Å². The normalized spacial score (nSPS) is 15.8. The van der Waals surface area contributed by atoms with Crippen LogP contribution in [-0.2, 0) is 4.79 Å². The third-order valence-electron chi connectivity index (χ3n) is 6.60. The molecule has 1 atom stereocenters. The van der Waals surface area contributed by atoms with Crippen LogP contribution in [0.1, 0.15) is 40.7 Å². The molecule has 6 nitrogen and oxygen atoms in total. The maximum atomic E-state index is 12.1. The Kier molecular flexibility index (Phi) is 6.94. The lowest BCUT2D eigenvalue weighted by atomic mass is 9.96. The number of aromatic nitrogens is 2. The van der Waals surface area contributed by atoms with Crippen LogP contribution in [0.15, 0.2) is 42.5 Å². The second-order valence-electron chi connectivity index (χ2n) is 9.57. The Hall–Kier alpha value is -2.99. The molecule has 33 heavy (non-hydrogen) atoms. The van der Waals surface area contributed by atoms with Crippen molar-refractivity contribution in [2.75, 3.05) is 24.5 Å². The highest BCUT2D eigenvalue weighted by molar-refractivity contribution is 5.91. The van der Waals surface area contributed by atoms with Crippen molar-refractivity contribution in [2.45, 2.75) is 46.6 Å². The van der Waals surface area contributed by atoms with Crippen LogP contribution in [0.2, 0.25) is 0 Å². The maximum absolute atomic E-state index is 12.1. The van der Waals surface area contributed by atoms with Crippen molar-refractivity contribution in [3.8, 4) is 11.4 Å². The lowest BCUT2D eigenvalue weighted by Crippen LogP contribution is -2.43. The summed E-state index contributed by atoms with van der Waals surface area (Å²) in [6.07, 6.45) is 0.991. The van der Waals surface area contributed by atoms with E-state index in [-0.39, 0.29) is 14.7 Å². The van der Waals surface area contributed by atoms with Gasteiger partial charge in [-0.1, -0.05) is 44.2 Å². The van der Waals surface area contributed by atoms with E-state index in [9.17, 15) is 9.90 Å². The van der Waals surface area contributed by atoms with Crippen molar-refractivity contribution in [1.82, 2.24) is 15.3 Å². The molecule has 2 N–H and O–H groups in total. The molecule has 178 valence electrons. The fourth-order valence-corrected chi connectivity index (χ4v) is 4.41. The molecule has 0 radical (unpaired) electrons. The smallest absolute Gasteiger partial charge is 0.249 e. The van der Waals surface area contributed by atoms with Gasteiger partial charge in [0.2, 0.25) is 5.91 Å². The van der Waals surface area contributed by atoms with Crippen LogP contribution in [0, 0.1) is 25.7 Å². The van der Waals surface area contributed by atoms with E-state index in [1.165, 1.54) is 5.56 Å². The van der Waals surface area contributed by atoms with Crippen molar-refractivity contribution in [3.63, 3.8) is 0 Å². The number of amides is 1. The Morgan fingerprint density at radius 3 is 2.58 bits per heavy atom. The summed E-state index contributed by atoms with van der Waals surface area (Å²) in [5, 5.41) is 13.9. The zero-order valence-corrected chi connectivity index (χ0v) is 20.0. The molecule has 1 fully saturated rings. The van der Waals surface area contributed by atoms with Gasteiger partial charge < -0.3 is 15.3 Å². The second-order valence-corrected chi connectivity index (χ2v) is 9.57. The number of nitrogens with zero attached hydrogens (tertiary/aromatic N) is 3. The van der Waals surface area contributed by atoms with Crippen LogP contribution < -0.4 is 10.2 Å². The van der Waals surface area contributed by atoms with Crippen molar-refractivity contribution in [2.24, 2.45) is 11.8 Å². The summed E-state index contributed by atoms with van der Waals surface area (Å²) < 4.78 is 0. The molecule has 1 saturated heterocycles. The maximum Gasteiger partial charge on any atom is 0.249 e. The minimum absolute atomic E-state index is 0. The van der Waals surface area contributed by atoms with E-state index in [0.29, 0.717) is 12.5 Å². The van der Waals surface area contributed by atoms with Gasteiger partial charge >= 0.3 is 0 Å². The minimum atomic E-state index is -0.944. The highest BCUT2D eigenvalue weighted by Crippen LogP contribution is 2.31. The average Bonchev–Trinajstić information content (AvgIpc) is 2.81. The summed E-state index contributed by atoms with van der Waals surface area (Å²) in [5.74, 6) is 1.79. The quantitative estimate of drug-likeness (QED) is 0.566. The van der Waals surface area contributed by atoms with Gasteiger partial charge in [0.15, 0.2) is 5.82 Å². The topological polar surface area (TPSA) is 78.4 Å². The average molecular weight is 451 g/mol. The molecule has 0 aliphatic carbocycles. The molecular weight excluding hydrogens is 412 g/mol. The van der Waals surface area contributed by atoms with Crippen LogP contribution >= 0.6 is 0 Å². The molecule has 2 aromatic carbocycles. The number of aliphatic hydroxyl groups is 1. The van der Waals surface area contributed by atoms with E-state index in [1.54, 1.807) is 0 Å². The molecule has 4 rings (SSSR count). The number of nitrogens with one attached hydrogen (secondary N) is 1. The fourth-order valence-electron chi connectivity index (χ4n) is 4.41. The SMILES string of the molecule is Cc1ccc2c(N3CCC(CNC(=O)[C@H](O)C(C)C)CC3)nc(-c3ccccc3C)nc2c1.[HH].[HH]. The highest BCUT2D eigenvalue weighted by atomic mass is 16.3. The number of piperidine rings is 1. The van der Waals surface area contributed by atoms with Gasteiger partial charge in [-0.25, -0.2) is 9.97 Å². The number of fused-ring (bicyclic) bond motifs is 1. The molecule has 6 heteroatoms. The van der Waals surface area contributed by atoms with E-state index in [0.717, 1.165) is 59.6 Å². The van der Waals surface area contributed by atoms with Gasteiger partial charge in [0.25, 0.3) is 0 Å². The lowest BCUT2D eigenvalue weighted by molar-refractivity contribution is -0.131. The van der Waals surface area contributed by atoms with Crippen molar-refractivity contribution in [3.05, 3.63) is 53.6 Å². The first-order chi connectivity index (χ1) is 15.8. The first-order valence-corrected chi connectivity index (χ1v) is 11.9. The number of benzene rings is 2. The molecule has 1 amide bonds. The zero-order chi connectivity index (χ0) is 23.5. The third-order valence-corrected chi connectivity index (χ3v) is 6.60. The van der Waals surface area contributed by atoms with Crippen molar-refractivity contribution >= 4 is 22.6 Å². The Bertz CT molecular complexity index is 1150. The largest absolute Gasteiger partial charge is 0.383 e. The molecule has 3 aromatic rings. The van der Waals surface area contributed by atoms with Crippen molar-refractivity contribution < 1.29 is 12.8 Å². The van der Waals surface area contributed by atoms with E-state index >= 15 is 0 Å². The van der Waals surface area contributed by atoms with Crippen molar-refractivity contribution in [1.29, 1.82) is 0 Å². The second kappa shape index (κ2) is 9.87. The fraction of sp³-hybridized carbons (Fsp3) is 0.444. The molecular formula is C27H38N4O2. The van der Waals surface area contributed by atoms with E-state index in [2.05, 4.69) is 54.4 Å². The number of hydrogen-bond donors (Lipinski definition) is 2. The third kappa shape index (κ3) is 5.17. The van der Waals surface area contributed by atoms with Gasteiger partial charge in [-0.05, 0) is 61.8 Å². The van der Waals surface area contributed by atoms with Crippen LogP contribution in [-0.4, -0.2) is 46.7 Å². The Morgan fingerprint density at radius 1 is 1.15 bits per heavy atom. The molecule has 1 aromatic heterocycles. The summed E-state index contributed by atoms with van der Waals surface area (Å²) >= 11 is 0. The number of anilines is 1. The Morgan fingerprint density at radius 2 is 1.88 bits per heavy atom. The van der Waals surface area contributed by atoms with Crippen LogP contribution in [0.25, 0.3) is 22.3 Å². The summed E-state index contributed by atoms with van der Waals surface area (Å²) in [6.45, 7) is 10.2. The van der Waals surface area contributed by atoms with E-state index in [1.807, 2.05) is 26.0 Å². The van der Waals surface area contributed by atoms with Crippen LogP contribution in [0.5, 0.6) is 0 Å².